The molecule has 1 aliphatic rings. The van der Waals surface area contributed by atoms with Crippen LogP contribution in [-0.4, -0.2) is 43.8 Å². The Balaban J connectivity index is 2.51. The van der Waals surface area contributed by atoms with E-state index in [9.17, 15) is 0 Å². The van der Waals surface area contributed by atoms with Crippen molar-refractivity contribution < 1.29 is 4.74 Å². The number of likely N-dealkylation sites (tertiary alicyclic amines) is 1. The summed E-state index contributed by atoms with van der Waals surface area (Å²) >= 11 is 0. The van der Waals surface area contributed by atoms with Crippen LogP contribution in [0.5, 0.6) is 0 Å². The van der Waals surface area contributed by atoms with Gasteiger partial charge in [-0.05, 0) is 32.4 Å². The SMILES string of the molecule is CCN1CCCC(CN)(OC)CC1. The maximum Gasteiger partial charge on any atom is 0.0813 e. The van der Waals surface area contributed by atoms with Crippen molar-refractivity contribution in [3.8, 4) is 0 Å². The number of nitrogens with two attached hydrogens (primary N) is 1. The van der Waals surface area contributed by atoms with Crippen LogP contribution in [0.15, 0.2) is 0 Å². The van der Waals surface area contributed by atoms with Gasteiger partial charge in [0.1, 0.15) is 0 Å². The van der Waals surface area contributed by atoms with Gasteiger partial charge in [0.15, 0.2) is 0 Å². The van der Waals surface area contributed by atoms with Crippen molar-refractivity contribution in [2.75, 3.05) is 33.3 Å². The Hall–Kier alpha value is -0.120. The molecule has 0 aromatic rings. The van der Waals surface area contributed by atoms with Crippen LogP contribution in [0.25, 0.3) is 0 Å². The summed E-state index contributed by atoms with van der Waals surface area (Å²) in [5.41, 5.74) is 5.72. The highest BCUT2D eigenvalue weighted by Gasteiger charge is 2.30. The molecule has 0 aromatic carbocycles. The first-order valence-corrected chi connectivity index (χ1v) is 5.24. The van der Waals surface area contributed by atoms with Gasteiger partial charge in [-0.15, -0.1) is 0 Å². The van der Waals surface area contributed by atoms with Gasteiger partial charge in [0.25, 0.3) is 0 Å². The van der Waals surface area contributed by atoms with Gasteiger partial charge in [-0.3, -0.25) is 0 Å². The molecule has 0 spiro atoms. The highest BCUT2D eigenvalue weighted by Crippen LogP contribution is 2.24. The van der Waals surface area contributed by atoms with Crippen molar-refractivity contribution in [2.24, 2.45) is 5.73 Å². The van der Waals surface area contributed by atoms with Crippen LogP contribution in [0.4, 0.5) is 0 Å². The summed E-state index contributed by atoms with van der Waals surface area (Å²) in [4.78, 5) is 2.47. The van der Waals surface area contributed by atoms with Gasteiger partial charge >= 0.3 is 0 Å². The molecule has 0 aromatic heterocycles. The third-order valence-electron chi connectivity index (χ3n) is 3.24. The quantitative estimate of drug-likeness (QED) is 0.709. The van der Waals surface area contributed by atoms with E-state index in [0.717, 1.165) is 25.9 Å². The van der Waals surface area contributed by atoms with Crippen LogP contribution in [0.1, 0.15) is 26.2 Å². The van der Waals surface area contributed by atoms with Crippen molar-refractivity contribution >= 4 is 0 Å². The van der Waals surface area contributed by atoms with E-state index in [2.05, 4.69) is 11.8 Å². The smallest absolute Gasteiger partial charge is 0.0813 e. The minimum Gasteiger partial charge on any atom is -0.377 e. The van der Waals surface area contributed by atoms with E-state index >= 15 is 0 Å². The molecule has 3 heteroatoms. The van der Waals surface area contributed by atoms with Crippen molar-refractivity contribution in [1.29, 1.82) is 0 Å². The number of hydrogen-bond donors (Lipinski definition) is 1. The molecule has 0 saturated carbocycles. The van der Waals surface area contributed by atoms with Crippen molar-refractivity contribution in [3.63, 3.8) is 0 Å². The topological polar surface area (TPSA) is 38.5 Å². The highest BCUT2D eigenvalue weighted by molar-refractivity contribution is 4.85. The molecule has 78 valence electrons. The summed E-state index contributed by atoms with van der Waals surface area (Å²) in [6.07, 6.45) is 3.39. The lowest BCUT2D eigenvalue weighted by atomic mass is 9.95. The number of rotatable bonds is 3. The lowest BCUT2D eigenvalue weighted by Crippen LogP contribution is -2.40. The summed E-state index contributed by atoms with van der Waals surface area (Å²) in [7, 11) is 1.79. The van der Waals surface area contributed by atoms with Gasteiger partial charge in [0.05, 0.1) is 5.60 Å². The average molecular weight is 186 g/mol. The number of nitrogens with zero attached hydrogens (tertiary/aromatic N) is 1. The summed E-state index contributed by atoms with van der Waals surface area (Å²) in [6, 6.07) is 0. The van der Waals surface area contributed by atoms with Crippen LogP contribution in [0.2, 0.25) is 0 Å². The molecule has 13 heavy (non-hydrogen) atoms. The molecule has 0 bridgehead atoms. The molecular weight excluding hydrogens is 164 g/mol. The molecule has 3 nitrogen and oxygen atoms in total. The second-order valence-corrected chi connectivity index (χ2v) is 3.88. The van der Waals surface area contributed by atoms with Gasteiger partial charge in [-0.25, -0.2) is 0 Å². The molecule has 1 fully saturated rings. The molecule has 1 unspecified atom stereocenters. The minimum atomic E-state index is -0.0378. The van der Waals surface area contributed by atoms with Crippen LogP contribution in [0, 0.1) is 0 Å². The van der Waals surface area contributed by atoms with Gasteiger partial charge in [-0.2, -0.15) is 0 Å². The van der Waals surface area contributed by atoms with E-state index in [0.29, 0.717) is 6.54 Å². The largest absolute Gasteiger partial charge is 0.377 e. The molecular formula is C10H22N2O. The van der Waals surface area contributed by atoms with Gasteiger partial charge < -0.3 is 15.4 Å². The third kappa shape index (κ3) is 2.66. The monoisotopic (exact) mass is 186 g/mol. The Morgan fingerprint density at radius 2 is 2.15 bits per heavy atom. The van der Waals surface area contributed by atoms with E-state index in [1.165, 1.54) is 13.0 Å². The van der Waals surface area contributed by atoms with E-state index < -0.39 is 0 Å². The van der Waals surface area contributed by atoms with Crippen molar-refractivity contribution in [1.82, 2.24) is 4.90 Å². The van der Waals surface area contributed by atoms with Crippen LogP contribution in [-0.2, 0) is 4.74 Å². The van der Waals surface area contributed by atoms with Crippen molar-refractivity contribution in [2.45, 2.75) is 31.8 Å². The normalized spacial score (nSPS) is 31.6. The lowest BCUT2D eigenvalue weighted by molar-refractivity contribution is -0.0140. The molecule has 0 radical (unpaired) electrons. The first kappa shape index (κ1) is 11.0. The van der Waals surface area contributed by atoms with Crippen LogP contribution >= 0.6 is 0 Å². The number of hydrogen-bond acceptors (Lipinski definition) is 3. The fourth-order valence-electron chi connectivity index (χ4n) is 2.03. The van der Waals surface area contributed by atoms with Gasteiger partial charge in [0.2, 0.25) is 0 Å². The zero-order valence-corrected chi connectivity index (χ0v) is 8.88. The molecule has 1 aliphatic heterocycles. The predicted octanol–water partition coefficient (Wildman–Crippen LogP) is 0.836. The van der Waals surface area contributed by atoms with E-state index in [1.807, 2.05) is 0 Å². The molecule has 1 atom stereocenters. The molecule has 1 saturated heterocycles. The Morgan fingerprint density at radius 1 is 1.38 bits per heavy atom. The third-order valence-corrected chi connectivity index (χ3v) is 3.24. The predicted molar refractivity (Wildman–Crippen MR) is 54.8 cm³/mol. The molecule has 2 N–H and O–H groups in total. The minimum absolute atomic E-state index is 0.0378. The van der Waals surface area contributed by atoms with E-state index in [-0.39, 0.29) is 5.60 Å². The number of ether oxygens (including phenoxy) is 1. The maximum atomic E-state index is 5.76. The Labute approximate surface area is 81.2 Å². The Morgan fingerprint density at radius 3 is 2.69 bits per heavy atom. The summed E-state index contributed by atoms with van der Waals surface area (Å²) < 4.78 is 5.55. The molecule has 1 rings (SSSR count). The van der Waals surface area contributed by atoms with Gasteiger partial charge in [0, 0.05) is 20.2 Å². The Kier molecular flexibility index (Phi) is 4.16. The standard InChI is InChI=1S/C10H22N2O/c1-3-12-7-4-5-10(9-11,13-2)6-8-12/h3-9,11H2,1-2H3. The second kappa shape index (κ2) is 4.94. The molecule has 0 amide bonds. The zero-order valence-electron chi connectivity index (χ0n) is 8.88. The Bertz CT molecular complexity index is 146. The first-order valence-electron chi connectivity index (χ1n) is 5.24. The van der Waals surface area contributed by atoms with Crippen LogP contribution < -0.4 is 5.73 Å². The summed E-state index contributed by atoms with van der Waals surface area (Å²) in [5.74, 6) is 0. The van der Waals surface area contributed by atoms with Gasteiger partial charge in [-0.1, -0.05) is 6.92 Å². The van der Waals surface area contributed by atoms with Crippen molar-refractivity contribution in [3.05, 3.63) is 0 Å². The summed E-state index contributed by atoms with van der Waals surface area (Å²) in [5, 5.41) is 0. The first-order chi connectivity index (χ1) is 6.26. The summed E-state index contributed by atoms with van der Waals surface area (Å²) in [6.45, 7) is 6.33. The second-order valence-electron chi connectivity index (χ2n) is 3.88. The maximum absolute atomic E-state index is 5.76. The van der Waals surface area contributed by atoms with E-state index in [1.54, 1.807) is 7.11 Å². The average Bonchev–Trinajstić information content (AvgIpc) is 2.40. The van der Waals surface area contributed by atoms with Crippen LogP contribution in [0.3, 0.4) is 0 Å². The highest BCUT2D eigenvalue weighted by atomic mass is 16.5. The molecule has 1 heterocycles. The number of methoxy groups -OCH3 is 1. The van der Waals surface area contributed by atoms with E-state index in [4.69, 9.17) is 10.5 Å². The fourth-order valence-corrected chi connectivity index (χ4v) is 2.03. The molecule has 0 aliphatic carbocycles. The lowest BCUT2D eigenvalue weighted by Gasteiger charge is -2.29. The zero-order chi connectivity index (χ0) is 9.73. The fraction of sp³-hybridized carbons (Fsp3) is 1.00.